The minimum Gasteiger partial charge on any atom is -0.495 e. The molecule has 0 fully saturated rings. The molecule has 0 aliphatic heterocycles. The van der Waals surface area contributed by atoms with Crippen molar-refractivity contribution < 1.29 is 18.7 Å². The zero-order valence-electron chi connectivity index (χ0n) is 17.2. The standard InChI is InChI=1S/C22H27N3O4/c1-5-10-23-21(26)13-25(3)14(2)22(27)24-17-12-19-16(11-20(17)28-4)15-8-6-7-9-18(15)29-19/h6-9,11-12,14H,5,10,13H2,1-4H3,(H,23,26)(H,24,27)/t14-/m1/s1. The van der Waals surface area contributed by atoms with Gasteiger partial charge in [0.2, 0.25) is 11.8 Å². The first-order valence-corrected chi connectivity index (χ1v) is 9.71. The molecule has 0 saturated carbocycles. The maximum atomic E-state index is 12.8. The lowest BCUT2D eigenvalue weighted by Gasteiger charge is -2.23. The van der Waals surface area contributed by atoms with Gasteiger partial charge in [-0.3, -0.25) is 14.5 Å². The second-order valence-electron chi connectivity index (χ2n) is 7.08. The van der Waals surface area contributed by atoms with E-state index in [9.17, 15) is 9.59 Å². The number of carbonyl (C=O) groups is 2. The number of nitrogens with one attached hydrogen (secondary N) is 2. The van der Waals surface area contributed by atoms with E-state index in [0.717, 1.165) is 22.8 Å². The van der Waals surface area contributed by atoms with Gasteiger partial charge >= 0.3 is 0 Å². The van der Waals surface area contributed by atoms with Crippen molar-refractivity contribution in [1.29, 1.82) is 0 Å². The third kappa shape index (κ3) is 4.51. The third-order valence-electron chi connectivity index (χ3n) is 4.96. The van der Waals surface area contributed by atoms with E-state index >= 15 is 0 Å². The molecule has 3 aromatic rings. The maximum absolute atomic E-state index is 12.8. The minimum atomic E-state index is -0.501. The number of rotatable bonds is 8. The summed E-state index contributed by atoms with van der Waals surface area (Å²) in [7, 11) is 3.31. The Morgan fingerprint density at radius 1 is 1.17 bits per heavy atom. The lowest BCUT2D eigenvalue weighted by molar-refractivity contribution is -0.124. The Hall–Kier alpha value is -3.06. The van der Waals surface area contributed by atoms with Crippen molar-refractivity contribution in [3.63, 3.8) is 0 Å². The van der Waals surface area contributed by atoms with Crippen LogP contribution in [0.15, 0.2) is 40.8 Å². The molecule has 2 amide bonds. The molecule has 1 heterocycles. The van der Waals surface area contributed by atoms with Crippen LogP contribution >= 0.6 is 0 Å². The van der Waals surface area contributed by atoms with Crippen LogP contribution in [0.1, 0.15) is 20.3 Å². The largest absolute Gasteiger partial charge is 0.495 e. The second kappa shape index (κ2) is 8.96. The Kier molecular flexibility index (Phi) is 6.39. The fourth-order valence-corrected chi connectivity index (χ4v) is 3.14. The first kappa shape index (κ1) is 20.7. The van der Waals surface area contributed by atoms with Crippen molar-refractivity contribution in [1.82, 2.24) is 10.2 Å². The topological polar surface area (TPSA) is 83.8 Å². The van der Waals surface area contributed by atoms with E-state index in [1.807, 2.05) is 37.3 Å². The number of furan rings is 1. The van der Waals surface area contributed by atoms with Gasteiger partial charge in [0, 0.05) is 23.4 Å². The van der Waals surface area contributed by atoms with E-state index in [1.165, 1.54) is 0 Å². The fourth-order valence-electron chi connectivity index (χ4n) is 3.14. The minimum absolute atomic E-state index is 0.102. The maximum Gasteiger partial charge on any atom is 0.241 e. The summed E-state index contributed by atoms with van der Waals surface area (Å²) in [5.74, 6) is 0.216. The van der Waals surface area contributed by atoms with E-state index in [-0.39, 0.29) is 18.4 Å². The Morgan fingerprint density at radius 2 is 1.93 bits per heavy atom. The van der Waals surface area contributed by atoms with Crippen LogP contribution in [0.2, 0.25) is 0 Å². The van der Waals surface area contributed by atoms with Gasteiger partial charge in [-0.15, -0.1) is 0 Å². The molecule has 0 spiro atoms. The number of likely N-dealkylation sites (N-methyl/N-ethyl adjacent to an activating group) is 1. The second-order valence-corrected chi connectivity index (χ2v) is 7.08. The van der Waals surface area contributed by atoms with Gasteiger partial charge < -0.3 is 19.8 Å². The Labute approximate surface area is 170 Å². The highest BCUT2D eigenvalue weighted by molar-refractivity contribution is 6.08. The monoisotopic (exact) mass is 397 g/mol. The van der Waals surface area contributed by atoms with E-state index in [4.69, 9.17) is 9.15 Å². The molecule has 0 saturated heterocycles. The molecule has 1 atom stereocenters. The Bertz CT molecular complexity index is 1030. The molecule has 29 heavy (non-hydrogen) atoms. The Balaban J connectivity index is 1.78. The molecule has 3 rings (SSSR count). The SMILES string of the molecule is CCCNC(=O)CN(C)[C@H](C)C(=O)Nc1cc2oc3ccccc3c2cc1OC. The average molecular weight is 397 g/mol. The number of ether oxygens (including phenoxy) is 1. The highest BCUT2D eigenvalue weighted by atomic mass is 16.5. The van der Waals surface area contributed by atoms with Gasteiger partial charge in [-0.2, -0.15) is 0 Å². The summed E-state index contributed by atoms with van der Waals surface area (Å²) in [6.45, 7) is 4.53. The predicted molar refractivity (Wildman–Crippen MR) is 114 cm³/mol. The van der Waals surface area contributed by atoms with Crippen molar-refractivity contribution in [2.75, 3.05) is 32.6 Å². The predicted octanol–water partition coefficient (Wildman–Crippen LogP) is 3.38. The van der Waals surface area contributed by atoms with Gasteiger partial charge in [-0.25, -0.2) is 0 Å². The summed E-state index contributed by atoms with van der Waals surface area (Å²) in [5, 5.41) is 7.63. The first-order chi connectivity index (χ1) is 13.9. The van der Waals surface area contributed by atoms with E-state index in [1.54, 1.807) is 32.0 Å². The molecule has 154 valence electrons. The van der Waals surface area contributed by atoms with Crippen LogP contribution in [0.5, 0.6) is 5.75 Å². The molecule has 7 nitrogen and oxygen atoms in total. The van der Waals surface area contributed by atoms with Crippen molar-refractivity contribution >= 4 is 39.4 Å². The smallest absolute Gasteiger partial charge is 0.241 e. The van der Waals surface area contributed by atoms with Gasteiger partial charge in [-0.1, -0.05) is 25.1 Å². The number of anilines is 1. The molecular weight excluding hydrogens is 370 g/mol. The first-order valence-electron chi connectivity index (χ1n) is 9.71. The van der Waals surface area contributed by atoms with Crippen molar-refractivity contribution in [2.45, 2.75) is 26.3 Å². The van der Waals surface area contributed by atoms with Gasteiger partial charge in [-0.05, 0) is 32.5 Å². The molecule has 0 radical (unpaired) electrons. The number of nitrogens with zero attached hydrogens (tertiary/aromatic N) is 1. The van der Waals surface area contributed by atoms with Crippen molar-refractivity contribution in [3.8, 4) is 5.75 Å². The molecule has 0 aliphatic carbocycles. The van der Waals surface area contributed by atoms with Crippen molar-refractivity contribution in [3.05, 3.63) is 36.4 Å². The van der Waals surface area contributed by atoms with Crippen LogP contribution in [0.3, 0.4) is 0 Å². The van der Waals surface area contributed by atoms with Gasteiger partial charge in [0.15, 0.2) is 0 Å². The van der Waals surface area contributed by atoms with Crippen LogP contribution in [0, 0.1) is 0 Å². The number of fused-ring (bicyclic) bond motifs is 3. The summed E-state index contributed by atoms with van der Waals surface area (Å²) in [6.07, 6.45) is 0.871. The van der Waals surface area contributed by atoms with Crippen LogP contribution in [0.25, 0.3) is 21.9 Å². The summed E-state index contributed by atoms with van der Waals surface area (Å²) in [5.41, 5.74) is 1.97. The average Bonchev–Trinajstić information content (AvgIpc) is 3.08. The number of para-hydroxylation sites is 1. The zero-order chi connectivity index (χ0) is 21.0. The fraction of sp³-hybridized carbons (Fsp3) is 0.364. The highest BCUT2D eigenvalue weighted by Crippen LogP contribution is 2.36. The van der Waals surface area contributed by atoms with E-state index in [2.05, 4.69) is 10.6 Å². The molecule has 1 aromatic heterocycles. The third-order valence-corrected chi connectivity index (χ3v) is 4.96. The zero-order valence-corrected chi connectivity index (χ0v) is 17.2. The van der Waals surface area contributed by atoms with Crippen LogP contribution in [-0.4, -0.2) is 50.0 Å². The lowest BCUT2D eigenvalue weighted by atomic mass is 10.1. The molecule has 2 N–H and O–H groups in total. The van der Waals surface area contributed by atoms with Crippen LogP contribution in [-0.2, 0) is 9.59 Å². The summed E-state index contributed by atoms with van der Waals surface area (Å²) >= 11 is 0. The van der Waals surface area contributed by atoms with E-state index < -0.39 is 6.04 Å². The van der Waals surface area contributed by atoms with E-state index in [0.29, 0.717) is 23.6 Å². The Morgan fingerprint density at radius 3 is 2.66 bits per heavy atom. The molecular formula is C22H27N3O4. The molecule has 7 heteroatoms. The normalized spacial score (nSPS) is 12.3. The number of amides is 2. The number of carbonyl (C=O) groups excluding carboxylic acids is 2. The summed E-state index contributed by atoms with van der Waals surface area (Å²) in [6, 6.07) is 10.9. The van der Waals surface area contributed by atoms with Crippen LogP contribution < -0.4 is 15.4 Å². The summed E-state index contributed by atoms with van der Waals surface area (Å²) < 4.78 is 11.4. The molecule has 0 unspecified atom stereocenters. The quantitative estimate of drug-likeness (QED) is 0.609. The lowest BCUT2D eigenvalue weighted by Crippen LogP contribution is -2.44. The molecule has 0 bridgehead atoms. The number of benzene rings is 2. The van der Waals surface area contributed by atoms with Gasteiger partial charge in [0.1, 0.15) is 16.9 Å². The van der Waals surface area contributed by atoms with Gasteiger partial charge in [0.25, 0.3) is 0 Å². The highest BCUT2D eigenvalue weighted by Gasteiger charge is 2.22. The summed E-state index contributed by atoms with van der Waals surface area (Å²) in [4.78, 5) is 26.4. The number of hydrogen-bond acceptors (Lipinski definition) is 5. The van der Waals surface area contributed by atoms with Crippen molar-refractivity contribution in [2.24, 2.45) is 0 Å². The molecule has 2 aromatic carbocycles. The number of methoxy groups -OCH3 is 1. The molecule has 0 aliphatic rings. The number of hydrogen-bond donors (Lipinski definition) is 2. The van der Waals surface area contributed by atoms with Crippen LogP contribution in [0.4, 0.5) is 5.69 Å². The van der Waals surface area contributed by atoms with Gasteiger partial charge in [0.05, 0.1) is 25.4 Å².